The molecule has 0 atom stereocenters. The second-order valence-electron chi connectivity index (χ2n) is 6.31. The van der Waals surface area contributed by atoms with E-state index in [0.29, 0.717) is 12.1 Å². The summed E-state index contributed by atoms with van der Waals surface area (Å²) in [6, 6.07) is 9.49. The van der Waals surface area contributed by atoms with Crippen LogP contribution in [0.1, 0.15) is 68.1 Å². The lowest BCUT2D eigenvalue weighted by Gasteiger charge is -2.20. The van der Waals surface area contributed by atoms with Crippen LogP contribution in [0.4, 0.5) is 0 Å². The fourth-order valence-electron chi connectivity index (χ4n) is 3.04. The standard InChI is InChI=1S/C19H28N2O2/c22-19(17-11-5-3-6-12-17)20-15-9-1-2-10-16-21(23)18-13-7-4-8-14-18/h3,5-6,11-12,16,18H,1-2,4,7-10,13-15H2,(H,20,22)/b21-16-. The highest BCUT2D eigenvalue weighted by atomic mass is 16.5. The van der Waals surface area contributed by atoms with Crippen LogP contribution in [-0.4, -0.2) is 29.4 Å². The number of hydroxylamine groups is 1. The van der Waals surface area contributed by atoms with Gasteiger partial charge in [-0.15, -0.1) is 0 Å². The van der Waals surface area contributed by atoms with Gasteiger partial charge in [-0.1, -0.05) is 31.0 Å². The van der Waals surface area contributed by atoms with Gasteiger partial charge in [-0.05, 0) is 37.8 Å². The molecular weight excluding hydrogens is 288 g/mol. The van der Waals surface area contributed by atoms with Gasteiger partial charge in [0, 0.05) is 31.4 Å². The second kappa shape index (κ2) is 10.0. The number of benzene rings is 1. The molecule has 0 saturated heterocycles. The maximum absolute atomic E-state index is 11.9. The number of nitrogens with zero attached hydrogens (tertiary/aromatic N) is 1. The Bertz CT molecular complexity index is 493. The first kappa shape index (κ1) is 17.5. The molecule has 0 unspecified atom stereocenters. The van der Waals surface area contributed by atoms with E-state index in [4.69, 9.17) is 0 Å². The molecule has 0 aromatic heterocycles. The van der Waals surface area contributed by atoms with Crippen molar-refractivity contribution in [3.05, 3.63) is 41.1 Å². The van der Waals surface area contributed by atoms with Crippen molar-refractivity contribution in [2.45, 2.75) is 63.8 Å². The van der Waals surface area contributed by atoms with Crippen molar-refractivity contribution in [1.82, 2.24) is 5.32 Å². The largest absolute Gasteiger partial charge is 0.624 e. The number of hydrogen-bond acceptors (Lipinski definition) is 2. The first-order valence-electron chi connectivity index (χ1n) is 8.89. The van der Waals surface area contributed by atoms with Gasteiger partial charge >= 0.3 is 0 Å². The lowest BCUT2D eigenvalue weighted by atomic mass is 9.96. The molecule has 2 rings (SSSR count). The number of unbranched alkanes of at least 4 members (excludes halogenated alkanes) is 3. The van der Waals surface area contributed by atoms with Gasteiger partial charge < -0.3 is 10.5 Å². The normalized spacial score (nSPS) is 16.3. The molecule has 23 heavy (non-hydrogen) atoms. The summed E-state index contributed by atoms with van der Waals surface area (Å²) in [5.74, 6) is -0.0137. The zero-order chi connectivity index (χ0) is 16.3. The zero-order valence-corrected chi connectivity index (χ0v) is 13.9. The Morgan fingerprint density at radius 2 is 1.87 bits per heavy atom. The molecule has 0 spiro atoms. The molecule has 1 fully saturated rings. The minimum atomic E-state index is -0.0137. The second-order valence-corrected chi connectivity index (χ2v) is 6.31. The van der Waals surface area contributed by atoms with Crippen LogP contribution in [0.25, 0.3) is 0 Å². The highest BCUT2D eigenvalue weighted by Crippen LogP contribution is 2.19. The van der Waals surface area contributed by atoms with Gasteiger partial charge in [-0.3, -0.25) is 4.79 Å². The van der Waals surface area contributed by atoms with Crippen LogP contribution in [0.2, 0.25) is 0 Å². The minimum absolute atomic E-state index is 0.0137. The predicted octanol–water partition coefficient (Wildman–Crippen LogP) is 3.89. The third kappa shape index (κ3) is 6.43. The van der Waals surface area contributed by atoms with E-state index in [1.54, 1.807) is 0 Å². The average molecular weight is 316 g/mol. The van der Waals surface area contributed by atoms with Gasteiger partial charge in [-0.25, -0.2) is 4.74 Å². The van der Waals surface area contributed by atoms with E-state index in [1.807, 2.05) is 36.5 Å². The molecule has 4 nitrogen and oxygen atoms in total. The minimum Gasteiger partial charge on any atom is -0.624 e. The highest BCUT2D eigenvalue weighted by molar-refractivity contribution is 5.94. The Balaban J connectivity index is 1.53. The van der Waals surface area contributed by atoms with Gasteiger partial charge in [-0.2, -0.15) is 0 Å². The Morgan fingerprint density at radius 1 is 1.13 bits per heavy atom. The summed E-state index contributed by atoms with van der Waals surface area (Å²) in [6.07, 6.45) is 11.4. The van der Waals surface area contributed by atoms with E-state index in [2.05, 4.69) is 5.32 Å². The third-order valence-electron chi connectivity index (χ3n) is 4.45. The molecular formula is C19H28N2O2. The molecule has 1 saturated carbocycles. The molecule has 1 aromatic carbocycles. The van der Waals surface area contributed by atoms with E-state index in [-0.39, 0.29) is 11.9 Å². The van der Waals surface area contributed by atoms with Crippen molar-refractivity contribution in [3.8, 4) is 0 Å². The van der Waals surface area contributed by atoms with Gasteiger partial charge in [0.25, 0.3) is 5.91 Å². The van der Waals surface area contributed by atoms with E-state index < -0.39 is 0 Å². The number of hydrogen-bond donors (Lipinski definition) is 1. The molecule has 126 valence electrons. The Labute approximate surface area is 139 Å². The lowest BCUT2D eigenvalue weighted by Crippen LogP contribution is -2.25. The Hall–Kier alpha value is -1.84. The third-order valence-corrected chi connectivity index (χ3v) is 4.45. The molecule has 4 heteroatoms. The summed E-state index contributed by atoms with van der Waals surface area (Å²) in [5, 5.41) is 14.9. The summed E-state index contributed by atoms with van der Waals surface area (Å²) in [7, 11) is 0. The SMILES string of the molecule is O=C(NCCCCC/C=[N+](\[O-])C1CCCCC1)c1ccccc1. The van der Waals surface area contributed by atoms with Crippen molar-refractivity contribution in [2.24, 2.45) is 0 Å². The number of carbonyl (C=O) groups is 1. The first-order chi connectivity index (χ1) is 11.3. The molecule has 1 amide bonds. The molecule has 0 bridgehead atoms. The summed E-state index contributed by atoms with van der Waals surface area (Å²) < 4.78 is 1.19. The quantitative estimate of drug-likeness (QED) is 0.260. The fourth-order valence-corrected chi connectivity index (χ4v) is 3.04. The summed E-state index contributed by atoms with van der Waals surface area (Å²) in [5.41, 5.74) is 0.704. The average Bonchev–Trinajstić information content (AvgIpc) is 2.62. The summed E-state index contributed by atoms with van der Waals surface area (Å²) >= 11 is 0. The van der Waals surface area contributed by atoms with Crippen LogP contribution in [0, 0.1) is 5.21 Å². The van der Waals surface area contributed by atoms with Gasteiger partial charge in [0.1, 0.15) is 0 Å². The van der Waals surface area contributed by atoms with E-state index >= 15 is 0 Å². The van der Waals surface area contributed by atoms with Crippen molar-refractivity contribution >= 4 is 12.1 Å². The predicted molar refractivity (Wildman–Crippen MR) is 93.8 cm³/mol. The van der Waals surface area contributed by atoms with Crippen molar-refractivity contribution in [1.29, 1.82) is 0 Å². The zero-order valence-electron chi connectivity index (χ0n) is 13.9. The van der Waals surface area contributed by atoms with Crippen LogP contribution in [0.15, 0.2) is 30.3 Å². The van der Waals surface area contributed by atoms with Gasteiger partial charge in [0.2, 0.25) is 0 Å². The van der Waals surface area contributed by atoms with Gasteiger partial charge in [0.05, 0.1) is 0 Å². The number of rotatable bonds is 8. The van der Waals surface area contributed by atoms with Gasteiger partial charge in [0.15, 0.2) is 12.3 Å². The van der Waals surface area contributed by atoms with Crippen LogP contribution in [0.5, 0.6) is 0 Å². The summed E-state index contributed by atoms with van der Waals surface area (Å²) in [4.78, 5) is 11.8. The first-order valence-corrected chi connectivity index (χ1v) is 8.89. The van der Waals surface area contributed by atoms with E-state index in [1.165, 1.54) is 24.0 Å². The molecule has 0 radical (unpaired) electrons. The van der Waals surface area contributed by atoms with Crippen molar-refractivity contribution in [3.63, 3.8) is 0 Å². The van der Waals surface area contributed by atoms with Crippen LogP contribution >= 0.6 is 0 Å². The number of carbonyl (C=O) groups excluding carboxylic acids is 1. The van der Waals surface area contributed by atoms with Crippen molar-refractivity contribution < 1.29 is 9.53 Å². The highest BCUT2D eigenvalue weighted by Gasteiger charge is 2.18. The maximum atomic E-state index is 11.9. The van der Waals surface area contributed by atoms with E-state index in [0.717, 1.165) is 38.5 Å². The smallest absolute Gasteiger partial charge is 0.251 e. The Kier molecular flexibility index (Phi) is 7.64. The monoisotopic (exact) mass is 316 g/mol. The molecule has 1 aliphatic carbocycles. The molecule has 1 aromatic rings. The molecule has 0 heterocycles. The Morgan fingerprint density at radius 3 is 2.61 bits per heavy atom. The summed E-state index contributed by atoms with van der Waals surface area (Å²) in [6.45, 7) is 0.692. The topological polar surface area (TPSA) is 55.2 Å². The number of amides is 1. The van der Waals surface area contributed by atoms with E-state index in [9.17, 15) is 10.0 Å². The fraction of sp³-hybridized carbons (Fsp3) is 0.579. The van der Waals surface area contributed by atoms with Crippen molar-refractivity contribution in [2.75, 3.05) is 6.54 Å². The van der Waals surface area contributed by atoms with Crippen LogP contribution in [-0.2, 0) is 0 Å². The lowest BCUT2D eigenvalue weighted by molar-refractivity contribution is -0.502. The maximum Gasteiger partial charge on any atom is 0.251 e. The van der Waals surface area contributed by atoms with Crippen LogP contribution < -0.4 is 5.32 Å². The molecule has 0 aliphatic heterocycles. The van der Waals surface area contributed by atoms with Crippen LogP contribution in [0.3, 0.4) is 0 Å². The molecule has 1 aliphatic rings. The molecule has 1 N–H and O–H groups in total. The number of nitrogens with one attached hydrogen (secondary N) is 1.